The first-order chi connectivity index (χ1) is 25.9. The zero-order chi connectivity index (χ0) is 37.8. The maximum Gasteiger partial charge on any atom is 0.0406 e. The van der Waals surface area contributed by atoms with Gasteiger partial charge in [0.2, 0.25) is 0 Å². The van der Waals surface area contributed by atoms with E-state index in [-0.39, 0.29) is 10.8 Å². The van der Waals surface area contributed by atoms with Crippen LogP contribution >= 0.6 is 23.2 Å². The lowest BCUT2D eigenvalue weighted by atomic mass is 9.77. The molecule has 2 aliphatic carbocycles. The Kier molecular flexibility index (Phi) is 9.41. The molecule has 2 heteroatoms. The van der Waals surface area contributed by atoms with E-state index >= 15 is 0 Å². The van der Waals surface area contributed by atoms with Crippen molar-refractivity contribution in [3.8, 4) is 33.4 Å². The predicted octanol–water partition coefficient (Wildman–Crippen LogP) is 13.4. The molecule has 6 aromatic carbocycles. The third kappa shape index (κ3) is 6.72. The molecule has 0 atom stereocenters. The highest BCUT2D eigenvalue weighted by atomic mass is 35.5. The SMILES string of the molecule is CC(C)(C)c1cc2c(cc1-c1ccc(Cl)cc1)C(C1=CC=CC1)=c1c-2cc(C(C)(C)C)c(-c2ccc(Cl)cc2)c1=C(Cc1ccccc1)c1ccccc1. The summed E-state index contributed by atoms with van der Waals surface area (Å²) in [5.74, 6) is 0. The predicted molar refractivity (Wildman–Crippen MR) is 233 cm³/mol. The van der Waals surface area contributed by atoms with E-state index in [9.17, 15) is 0 Å². The van der Waals surface area contributed by atoms with Crippen LogP contribution in [0.25, 0.3) is 44.5 Å². The quantitative estimate of drug-likeness (QED) is 0.159. The zero-order valence-corrected chi connectivity index (χ0v) is 33.5. The molecule has 0 aliphatic heterocycles. The topological polar surface area (TPSA) is 0 Å². The molecule has 0 aromatic heterocycles. The van der Waals surface area contributed by atoms with Gasteiger partial charge in [0, 0.05) is 10.0 Å². The summed E-state index contributed by atoms with van der Waals surface area (Å²) in [6.45, 7) is 14.0. The van der Waals surface area contributed by atoms with Gasteiger partial charge in [-0.05, 0) is 154 Å². The Labute approximate surface area is 330 Å². The molecular weight excluding hydrogens is 695 g/mol. The second-order valence-corrected chi connectivity index (χ2v) is 17.6. The van der Waals surface area contributed by atoms with Crippen LogP contribution in [0.5, 0.6) is 0 Å². The van der Waals surface area contributed by atoms with E-state index in [1.165, 1.54) is 88.4 Å². The van der Waals surface area contributed by atoms with E-state index in [2.05, 4.69) is 163 Å². The number of hydrogen-bond acceptors (Lipinski definition) is 0. The summed E-state index contributed by atoms with van der Waals surface area (Å²) < 4.78 is 0. The van der Waals surface area contributed by atoms with Crippen LogP contribution in [0.4, 0.5) is 0 Å². The summed E-state index contributed by atoms with van der Waals surface area (Å²) in [6, 6.07) is 46.3. The fraction of sp³-hybridized carbons (Fsp3) is 0.192. The average Bonchev–Trinajstić information content (AvgIpc) is 3.80. The van der Waals surface area contributed by atoms with Gasteiger partial charge < -0.3 is 0 Å². The van der Waals surface area contributed by atoms with Crippen molar-refractivity contribution in [2.75, 3.05) is 0 Å². The van der Waals surface area contributed by atoms with Gasteiger partial charge in [-0.3, -0.25) is 0 Å². The number of fused-ring (bicyclic) bond motifs is 3. The maximum absolute atomic E-state index is 6.59. The van der Waals surface area contributed by atoms with Crippen molar-refractivity contribution in [2.45, 2.75) is 65.2 Å². The van der Waals surface area contributed by atoms with Crippen LogP contribution in [0.2, 0.25) is 10.0 Å². The van der Waals surface area contributed by atoms with Gasteiger partial charge in [0.1, 0.15) is 0 Å². The summed E-state index contributed by atoms with van der Waals surface area (Å²) in [7, 11) is 0. The molecule has 0 heterocycles. The minimum Gasteiger partial charge on any atom is -0.0843 e. The Morgan fingerprint density at radius 1 is 0.574 bits per heavy atom. The largest absolute Gasteiger partial charge is 0.0843 e. The van der Waals surface area contributed by atoms with Crippen LogP contribution in [0, 0.1) is 0 Å². The summed E-state index contributed by atoms with van der Waals surface area (Å²) in [6.07, 6.45) is 8.52. The first kappa shape index (κ1) is 36.1. The zero-order valence-electron chi connectivity index (χ0n) is 32.0. The summed E-state index contributed by atoms with van der Waals surface area (Å²) >= 11 is 13.0. The van der Waals surface area contributed by atoms with Gasteiger partial charge in [0.05, 0.1) is 0 Å². The second-order valence-electron chi connectivity index (χ2n) is 16.8. The summed E-state index contributed by atoms with van der Waals surface area (Å²) in [5.41, 5.74) is 17.7. The number of hydrogen-bond donors (Lipinski definition) is 0. The van der Waals surface area contributed by atoms with Crippen LogP contribution in [-0.4, -0.2) is 0 Å². The molecule has 6 aromatic rings. The number of benzene rings is 6. The van der Waals surface area contributed by atoms with E-state index in [1.807, 2.05) is 24.3 Å². The lowest BCUT2D eigenvalue weighted by Crippen LogP contribution is -2.36. The van der Waals surface area contributed by atoms with Crippen molar-refractivity contribution in [3.05, 3.63) is 199 Å². The van der Waals surface area contributed by atoms with E-state index < -0.39 is 0 Å². The van der Waals surface area contributed by atoms with Crippen LogP contribution in [0.1, 0.15) is 75.8 Å². The fourth-order valence-electron chi connectivity index (χ4n) is 8.36. The van der Waals surface area contributed by atoms with E-state index in [0.717, 1.165) is 22.9 Å². The third-order valence-corrected chi connectivity index (χ3v) is 11.4. The highest BCUT2D eigenvalue weighted by Crippen LogP contribution is 2.46. The summed E-state index contributed by atoms with van der Waals surface area (Å²) in [4.78, 5) is 0. The van der Waals surface area contributed by atoms with Gasteiger partial charge in [0.15, 0.2) is 0 Å². The molecule has 0 spiro atoms. The monoisotopic (exact) mass is 740 g/mol. The number of rotatable bonds is 6. The second kappa shape index (κ2) is 14.1. The van der Waals surface area contributed by atoms with Crippen molar-refractivity contribution < 1.29 is 0 Å². The summed E-state index contributed by atoms with van der Waals surface area (Å²) in [5, 5.41) is 4.11. The highest BCUT2D eigenvalue weighted by molar-refractivity contribution is 6.31. The lowest BCUT2D eigenvalue weighted by molar-refractivity contribution is 0.590. The van der Waals surface area contributed by atoms with Gasteiger partial charge in [-0.1, -0.05) is 168 Å². The van der Waals surface area contributed by atoms with Crippen molar-refractivity contribution in [1.29, 1.82) is 0 Å². The Morgan fingerprint density at radius 2 is 1.15 bits per heavy atom. The van der Waals surface area contributed by atoms with E-state index in [4.69, 9.17) is 23.2 Å². The number of allylic oxidation sites excluding steroid dienone is 4. The van der Waals surface area contributed by atoms with Crippen LogP contribution < -0.4 is 10.4 Å². The third-order valence-electron chi connectivity index (χ3n) is 10.9. The minimum atomic E-state index is -0.166. The molecule has 0 bridgehead atoms. The van der Waals surface area contributed by atoms with Crippen molar-refractivity contribution >= 4 is 34.3 Å². The minimum absolute atomic E-state index is 0.103. The first-order valence-corrected chi connectivity index (χ1v) is 19.8. The molecule has 0 nitrogen and oxygen atoms in total. The van der Waals surface area contributed by atoms with Gasteiger partial charge in [0.25, 0.3) is 0 Å². The number of halogens is 2. The molecule has 2 aliphatic rings. The standard InChI is InChI=1S/C52H46Cl2/c1-51(2,3)45-31-42-43(30-40(45)35-21-25-38(53)26-22-35)47(36-19-13-14-20-36)50-44(42)32-46(52(4,5)6)48(37-23-27-39(54)28-24-37)49(50)41(34-17-11-8-12-18-34)29-33-15-9-7-10-16-33/h7-19,21-28,30-32H,20,29H2,1-6H3. The van der Waals surface area contributed by atoms with Gasteiger partial charge in [-0.2, -0.15) is 0 Å². The highest BCUT2D eigenvalue weighted by Gasteiger charge is 2.33. The lowest BCUT2D eigenvalue weighted by Gasteiger charge is -2.27. The molecule has 0 N–H and O–H groups in total. The fourth-order valence-corrected chi connectivity index (χ4v) is 8.61. The molecular formula is C52H46Cl2. The molecule has 268 valence electrons. The molecule has 0 fully saturated rings. The molecule has 54 heavy (non-hydrogen) atoms. The van der Waals surface area contributed by atoms with Crippen molar-refractivity contribution in [1.82, 2.24) is 0 Å². The van der Waals surface area contributed by atoms with Crippen molar-refractivity contribution in [3.63, 3.8) is 0 Å². The smallest absolute Gasteiger partial charge is 0.0406 e. The normalized spacial score (nSPS) is 14.2. The first-order valence-electron chi connectivity index (χ1n) is 19.0. The molecule has 8 rings (SSSR count). The van der Waals surface area contributed by atoms with Crippen molar-refractivity contribution in [2.24, 2.45) is 0 Å². The van der Waals surface area contributed by atoms with Crippen LogP contribution in [-0.2, 0) is 17.3 Å². The Balaban J connectivity index is 1.65. The molecule has 0 amide bonds. The Hall–Kier alpha value is -4.88. The Morgan fingerprint density at radius 3 is 1.72 bits per heavy atom. The van der Waals surface area contributed by atoms with E-state index in [0.29, 0.717) is 0 Å². The van der Waals surface area contributed by atoms with E-state index in [1.54, 1.807) is 0 Å². The van der Waals surface area contributed by atoms with Crippen LogP contribution in [0.3, 0.4) is 0 Å². The van der Waals surface area contributed by atoms with Crippen LogP contribution in [0.15, 0.2) is 151 Å². The Bertz CT molecular complexity index is 2570. The maximum atomic E-state index is 6.59. The van der Waals surface area contributed by atoms with Gasteiger partial charge >= 0.3 is 0 Å². The van der Waals surface area contributed by atoms with Gasteiger partial charge in [-0.25, -0.2) is 0 Å². The molecule has 0 saturated carbocycles. The average molecular weight is 742 g/mol. The molecule has 0 unspecified atom stereocenters. The van der Waals surface area contributed by atoms with Gasteiger partial charge in [-0.15, -0.1) is 0 Å². The molecule has 0 saturated heterocycles. The molecule has 0 radical (unpaired) electrons.